The van der Waals surface area contributed by atoms with E-state index in [0.29, 0.717) is 24.7 Å². The maximum Gasteiger partial charge on any atom is 0.226 e. The highest BCUT2D eigenvalue weighted by Crippen LogP contribution is 2.44. The third-order valence-electron chi connectivity index (χ3n) is 4.65. The van der Waals surface area contributed by atoms with E-state index in [1.54, 1.807) is 36.0 Å². The molecule has 0 atom stereocenters. The number of ether oxygens (including phenoxy) is 1. The van der Waals surface area contributed by atoms with Crippen LogP contribution in [-0.4, -0.2) is 49.2 Å². The van der Waals surface area contributed by atoms with Crippen molar-refractivity contribution in [3.8, 4) is 10.6 Å². The average Bonchev–Trinajstić information content (AvgIpc) is 3.27. The summed E-state index contributed by atoms with van der Waals surface area (Å²) in [7, 11) is 1.66. The largest absolute Gasteiger partial charge is 0.383 e. The lowest BCUT2D eigenvalue weighted by molar-refractivity contribution is -0.116. The third kappa shape index (κ3) is 4.76. The van der Waals surface area contributed by atoms with Gasteiger partial charge in [-0.25, -0.2) is 9.97 Å². The maximum absolute atomic E-state index is 12.5. The summed E-state index contributed by atoms with van der Waals surface area (Å²) in [6.45, 7) is 3.72. The minimum Gasteiger partial charge on any atom is -0.383 e. The number of carbonyl (C=O) groups excluding carboxylic acids is 1. The van der Waals surface area contributed by atoms with Crippen molar-refractivity contribution in [3.63, 3.8) is 0 Å². The lowest BCUT2D eigenvalue weighted by Gasteiger charge is -2.13. The number of thiazole rings is 1. The quantitative estimate of drug-likeness (QED) is 0.360. The number of aromatic nitrogens is 2. The van der Waals surface area contributed by atoms with Gasteiger partial charge in [0.25, 0.3) is 0 Å². The van der Waals surface area contributed by atoms with Crippen LogP contribution in [-0.2, 0) is 22.5 Å². The molecule has 0 fully saturated rings. The molecule has 4 heterocycles. The van der Waals surface area contributed by atoms with Gasteiger partial charge in [0.1, 0.15) is 20.7 Å². The number of anilines is 1. The molecule has 1 aliphatic rings. The first-order chi connectivity index (χ1) is 14.2. The summed E-state index contributed by atoms with van der Waals surface area (Å²) in [5, 5.41) is 12.0. The number of nitrogens with zero attached hydrogens (tertiary/aromatic N) is 2. The molecule has 0 bridgehead atoms. The summed E-state index contributed by atoms with van der Waals surface area (Å²) in [5.74, 6) is -0.00598. The highest BCUT2D eigenvalue weighted by Gasteiger charge is 2.25. The molecule has 0 radical (unpaired) electrons. The van der Waals surface area contributed by atoms with Gasteiger partial charge in [0, 0.05) is 43.6 Å². The molecule has 0 spiro atoms. The van der Waals surface area contributed by atoms with Crippen LogP contribution in [0, 0.1) is 0 Å². The third-order valence-corrected chi connectivity index (χ3v) is 7.04. The van der Waals surface area contributed by atoms with E-state index >= 15 is 0 Å². The Labute approximate surface area is 181 Å². The van der Waals surface area contributed by atoms with Crippen molar-refractivity contribution in [1.29, 1.82) is 0 Å². The molecular weight excluding hydrogens is 430 g/mol. The maximum atomic E-state index is 12.5. The van der Waals surface area contributed by atoms with Gasteiger partial charge in [0.15, 0.2) is 0 Å². The van der Waals surface area contributed by atoms with Gasteiger partial charge in [-0.3, -0.25) is 4.79 Å². The van der Waals surface area contributed by atoms with Gasteiger partial charge in [-0.1, -0.05) is 11.6 Å². The van der Waals surface area contributed by atoms with Crippen LogP contribution in [0.25, 0.3) is 20.8 Å². The fraction of sp³-hybridized carbons (Fsp3) is 0.421. The van der Waals surface area contributed by atoms with Crippen LogP contribution in [0.2, 0.25) is 5.15 Å². The molecule has 0 saturated heterocycles. The number of nitrogens with one attached hydrogen (secondary N) is 3. The average molecular weight is 452 g/mol. The number of fused-ring (bicyclic) bond motifs is 2. The summed E-state index contributed by atoms with van der Waals surface area (Å²) >= 11 is 9.26. The molecule has 0 aromatic carbocycles. The zero-order valence-corrected chi connectivity index (χ0v) is 18.4. The second kappa shape index (κ2) is 9.46. The van der Waals surface area contributed by atoms with Gasteiger partial charge in [-0.15, -0.1) is 22.7 Å². The molecule has 154 valence electrons. The molecule has 29 heavy (non-hydrogen) atoms. The predicted molar refractivity (Wildman–Crippen MR) is 119 cm³/mol. The Hall–Kier alpha value is -1.62. The Balaban J connectivity index is 1.59. The number of methoxy groups -OCH3 is 1. The smallest absolute Gasteiger partial charge is 0.226 e. The van der Waals surface area contributed by atoms with Crippen LogP contribution in [0.1, 0.15) is 16.9 Å². The first kappa shape index (κ1) is 20.6. The van der Waals surface area contributed by atoms with Gasteiger partial charge in [-0.2, -0.15) is 0 Å². The monoisotopic (exact) mass is 451 g/mol. The second-order valence-corrected chi connectivity index (χ2v) is 9.19. The molecule has 0 unspecified atom stereocenters. The number of hydrogen-bond donors (Lipinski definition) is 3. The topological polar surface area (TPSA) is 88.2 Å². The second-order valence-electron chi connectivity index (χ2n) is 6.67. The molecule has 1 aliphatic heterocycles. The van der Waals surface area contributed by atoms with Crippen LogP contribution in [0.15, 0.2) is 12.3 Å². The number of carbonyl (C=O) groups is 1. The molecule has 0 aliphatic carbocycles. The number of amides is 1. The summed E-state index contributed by atoms with van der Waals surface area (Å²) < 4.78 is 6.00. The van der Waals surface area contributed by atoms with Crippen molar-refractivity contribution in [1.82, 2.24) is 20.6 Å². The first-order valence-electron chi connectivity index (χ1n) is 9.43. The van der Waals surface area contributed by atoms with Crippen molar-refractivity contribution < 1.29 is 9.53 Å². The van der Waals surface area contributed by atoms with E-state index in [1.165, 1.54) is 10.4 Å². The molecular formula is C19H22ClN5O2S2. The SMILES string of the molecule is COCCNCCC(=O)Nc1sc2c(c1-c1nc3cnc(Cl)cc3s1)CCNC2. The van der Waals surface area contributed by atoms with Crippen molar-refractivity contribution in [3.05, 3.63) is 27.9 Å². The summed E-state index contributed by atoms with van der Waals surface area (Å²) in [6.07, 6.45) is 3.02. The number of hydrogen-bond acceptors (Lipinski definition) is 8. The molecule has 4 rings (SSSR count). The molecule has 3 N–H and O–H groups in total. The van der Waals surface area contributed by atoms with Gasteiger partial charge in [0.05, 0.1) is 17.5 Å². The number of pyridine rings is 1. The molecule has 0 saturated carbocycles. The van der Waals surface area contributed by atoms with Crippen molar-refractivity contribution in [2.24, 2.45) is 0 Å². The van der Waals surface area contributed by atoms with Gasteiger partial charge >= 0.3 is 0 Å². The standard InChI is InChI=1S/C19H22ClN5O2S2/c1-27-7-6-21-5-3-16(26)25-19-17(11-2-4-22-10-14(11)29-19)18-24-12-9-23-15(20)8-13(12)28-18/h8-9,21-22H,2-7,10H2,1H3,(H,25,26). The van der Waals surface area contributed by atoms with Crippen molar-refractivity contribution in [2.75, 3.05) is 38.7 Å². The Morgan fingerprint density at radius 1 is 1.38 bits per heavy atom. The van der Waals surface area contributed by atoms with E-state index < -0.39 is 0 Å². The Bertz CT molecular complexity index is 1020. The minimum atomic E-state index is -0.00598. The van der Waals surface area contributed by atoms with E-state index in [2.05, 4.69) is 20.9 Å². The molecule has 7 nitrogen and oxygen atoms in total. The number of rotatable bonds is 8. The fourth-order valence-electron chi connectivity index (χ4n) is 3.25. The van der Waals surface area contributed by atoms with Crippen LogP contribution in [0.5, 0.6) is 0 Å². The summed E-state index contributed by atoms with van der Waals surface area (Å²) in [4.78, 5) is 22.7. The van der Waals surface area contributed by atoms with Crippen LogP contribution < -0.4 is 16.0 Å². The molecule has 3 aromatic heterocycles. The van der Waals surface area contributed by atoms with Gasteiger partial charge < -0.3 is 20.7 Å². The van der Waals surface area contributed by atoms with E-state index in [4.69, 9.17) is 21.3 Å². The van der Waals surface area contributed by atoms with E-state index in [0.717, 1.165) is 51.8 Å². The summed E-state index contributed by atoms with van der Waals surface area (Å²) in [5.41, 5.74) is 3.15. The Morgan fingerprint density at radius 2 is 2.28 bits per heavy atom. The Morgan fingerprint density at radius 3 is 3.14 bits per heavy atom. The highest BCUT2D eigenvalue weighted by molar-refractivity contribution is 7.23. The number of thiophene rings is 1. The normalized spacial score (nSPS) is 13.6. The molecule has 10 heteroatoms. The lowest BCUT2D eigenvalue weighted by atomic mass is 10.0. The molecule has 3 aromatic rings. The first-order valence-corrected chi connectivity index (χ1v) is 11.4. The lowest BCUT2D eigenvalue weighted by Crippen LogP contribution is -2.24. The van der Waals surface area contributed by atoms with E-state index in [-0.39, 0.29) is 5.91 Å². The zero-order chi connectivity index (χ0) is 20.2. The van der Waals surface area contributed by atoms with Crippen molar-refractivity contribution in [2.45, 2.75) is 19.4 Å². The van der Waals surface area contributed by atoms with Crippen LogP contribution in [0.3, 0.4) is 0 Å². The molecule has 1 amide bonds. The fourth-order valence-corrected chi connectivity index (χ4v) is 5.83. The number of halogens is 1. The van der Waals surface area contributed by atoms with Gasteiger partial charge in [-0.05, 0) is 24.6 Å². The van der Waals surface area contributed by atoms with Crippen LogP contribution in [0.4, 0.5) is 5.00 Å². The Kier molecular flexibility index (Phi) is 6.74. The van der Waals surface area contributed by atoms with E-state index in [1.807, 2.05) is 6.07 Å². The van der Waals surface area contributed by atoms with E-state index in [9.17, 15) is 4.79 Å². The minimum absolute atomic E-state index is 0.00598. The van der Waals surface area contributed by atoms with Gasteiger partial charge in [0.2, 0.25) is 5.91 Å². The summed E-state index contributed by atoms with van der Waals surface area (Å²) in [6, 6.07) is 1.84. The highest BCUT2D eigenvalue weighted by atomic mass is 35.5. The predicted octanol–water partition coefficient (Wildman–Crippen LogP) is 3.28. The van der Waals surface area contributed by atoms with Crippen molar-refractivity contribution >= 4 is 55.4 Å². The zero-order valence-electron chi connectivity index (χ0n) is 16.0. The van der Waals surface area contributed by atoms with Crippen LogP contribution >= 0.6 is 34.3 Å².